The summed E-state index contributed by atoms with van der Waals surface area (Å²) >= 11 is 6.17. The summed E-state index contributed by atoms with van der Waals surface area (Å²) in [5.41, 5.74) is 0.541. The van der Waals surface area contributed by atoms with Gasteiger partial charge in [0, 0.05) is 28.3 Å². The molecule has 1 N–H and O–H groups in total. The molecule has 12 heteroatoms. The number of carbonyl (C=O) groups excluding carboxylic acids is 3. The molecule has 2 aromatic carbocycles. The Kier molecular flexibility index (Phi) is 7.02. The number of nitrogens with zero attached hydrogens (tertiary/aromatic N) is 2. The molecule has 11 nitrogen and oxygen atoms in total. The van der Waals surface area contributed by atoms with E-state index in [1.54, 1.807) is 24.3 Å². The number of urea groups is 1. The predicted molar refractivity (Wildman–Crippen MR) is 126 cm³/mol. The van der Waals surface area contributed by atoms with Crippen LogP contribution in [0, 0.1) is 10.1 Å². The number of rotatable bonds is 8. The van der Waals surface area contributed by atoms with Gasteiger partial charge in [-0.3, -0.25) is 19.8 Å². The molecule has 4 rings (SSSR count). The van der Waals surface area contributed by atoms with Crippen LogP contribution in [0.5, 0.6) is 5.75 Å². The van der Waals surface area contributed by atoms with Crippen LogP contribution in [-0.4, -0.2) is 34.8 Å². The van der Waals surface area contributed by atoms with Gasteiger partial charge in [-0.05, 0) is 30.3 Å². The second-order valence-corrected chi connectivity index (χ2v) is 7.90. The maximum Gasteiger partial charge on any atom is 0.373 e. The third-order valence-corrected chi connectivity index (χ3v) is 5.54. The number of ether oxygens (including phenoxy) is 2. The minimum Gasteiger partial charge on any atom is -0.488 e. The van der Waals surface area contributed by atoms with Crippen LogP contribution in [-0.2, 0) is 22.7 Å². The van der Waals surface area contributed by atoms with Gasteiger partial charge < -0.3 is 19.2 Å². The summed E-state index contributed by atoms with van der Waals surface area (Å²) in [4.78, 5) is 48.5. The van der Waals surface area contributed by atoms with Gasteiger partial charge in [-0.1, -0.05) is 29.8 Å². The SMILES string of the molecule is COC(=O)c1ccc(CN2C(=O)N/C(=C\c3cc([N+](=O)[O-])ccc3OCc3ccccc3Cl)C2=O)o1. The van der Waals surface area contributed by atoms with Crippen molar-refractivity contribution in [2.24, 2.45) is 0 Å². The Bertz CT molecular complexity index is 1400. The number of furan rings is 1. The fourth-order valence-electron chi connectivity index (χ4n) is 3.36. The number of hydrogen-bond donors (Lipinski definition) is 1. The van der Waals surface area contributed by atoms with E-state index in [2.05, 4.69) is 10.1 Å². The van der Waals surface area contributed by atoms with Crippen LogP contribution >= 0.6 is 11.6 Å². The van der Waals surface area contributed by atoms with E-state index in [0.29, 0.717) is 10.6 Å². The molecule has 1 fully saturated rings. The van der Waals surface area contributed by atoms with Crippen LogP contribution in [0.4, 0.5) is 10.5 Å². The molecule has 3 amide bonds. The summed E-state index contributed by atoms with van der Waals surface area (Å²) in [6.45, 7) is -0.176. The number of non-ortho nitro benzene ring substituents is 1. The summed E-state index contributed by atoms with van der Waals surface area (Å²) in [5, 5.41) is 14.2. The summed E-state index contributed by atoms with van der Waals surface area (Å²) in [5.74, 6) is -1.05. The summed E-state index contributed by atoms with van der Waals surface area (Å²) < 4.78 is 15.7. The van der Waals surface area contributed by atoms with Crippen LogP contribution in [0.2, 0.25) is 5.02 Å². The zero-order valence-electron chi connectivity index (χ0n) is 18.7. The Balaban J connectivity index is 1.58. The lowest BCUT2D eigenvalue weighted by Crippen LogP contribution is -2.30. The van der Waals surface area contributed by atoms with E-state index >= 15 is 0 Å². The zero-order valence-corrected chi connectivity index (χ0v) is 19.5. The molecule has 184 valence electrons. The van der Waals surface area contributed by atoms with Crippen LogP contribution in [0.15, 0.2) is 64.7 Å². The molecule has 0 spiro atoms. The number of esters is 1. The average Bonchev–Trinajstić information content (AvgIpc) is 3.44. The topological polar surface area (TPSA) is 141 Å². The molecular formula is C24H18ClN3O8. The largest absolute Gasteiger partial charge is 0.488 e. The molecule has 36 heavy (non-hydrogen) atoms. The number of methoxy groups -OCH3 is 1. The molecule has 0 saturated carbocycles. The maximum absolute atomic E-state index is 12.9. The third kappa shape index (κ3) is 5.20. The van der Waals surface area contributed by atoms with E-state index < -0.39 is 22.8 Å². The minimum absolute atomic E-state index is 0.0705. The van der Waals surface area contributed by atoms with Gasteiger partial charge in [0.25, 0.3) is 11.6 Å². The van der Waals surface area contributed by atoms with Gasteiger partial charge in [0.2, 0.25) is 5.76 Å². The van der Waals surface area contributed by atoms with E-state index in [4.69, 9.17) is 20.8 Å². The normalized spacial score (nSPS) is 14.2. The average molecular weight is 512 g/mol. The van der Waals surface area contributed by atoms with E-state index in [1.165, 1.54) is 43.5 Å². The maximum atomic E-state index is 12.9. The lowest BCUT2D eigenvalue weighted by Gasteiger charge is -2.11. The van der Waals surface area contributed by atoms with Gasteiger partial charge in [-0.2, -0.15) is 0 Å². The molecule has 0 aliphatic carbocycles. The molecule has 1 saturated heterocycles. The first-order valence-electron chi connectivity index (χ1n) is 10.4. The van der Waals surface area contributed by atoms with Crippen molar-refractivity contribution in [2.75, 3.05) is 7.11 Å². The van der Waals surface area contributed by atoms with Gasteiger partial charge >= 0.3 is 12.0 Å². The fourth-order valence-corrected chi connectivity index (χ4v) is 3.55. The van der Waals surface area contributed by atoms with Gasteiger partial charge in [-0.15, -0.1) is 0 Å². The molecule has 0 bridgehead atoms. The van der Waals surface area contributed by atoms with Gasteiger partial charge in [0.15, 0.2) is 0 Å². The molecule has 0 radical (unpaired) electrons. The van der Waals surface area contributed by atoms with Crippen LogP contribution < -0.4 is 10.1 Å². The number of nitrogens with one attached hydrogen (secondary N) is 1. The van der Waals surface area contributed by atoms with Crippen molar-refractivity contribution in [1.82, 2.24) is 10.2 Å². The number of hydrogen-bond acceptors (Lipinski definition) is 8. The minimum atomic E-state index is -0.730. The molecule has 0 unspecified atom stereocenters. The molecule has 1 aliphatic heterocycles. The Morgan fingerprint density at radius 1 is 1.19 bits per heavy atom. The number of halogens is 1. The first-order chi connectivity index (χ1) is 17.3. The lowest BCUT2D eigenvalue weighted by atomic mass is 10.1. The van der Waals surface area contributed by atoms with E-state index in [9.17, 15) is 24.5 Å². The molecule has 2 heterocycles. The molecule has 1 aliphatic rings. The Morgan fingerprint density at radius 3 is 2.69 bits per heavy atom. The van der Waals surface area contributed by atoms with E-state index in [0.717, 1.165) is 4.90 Å². The van der Waals surface area contributed by atoms with Gasteiger partial charge in [0.05, 0.1) is 18.6 Å². The number of benzene rings is 2. The first-order valence-corrected chi connectivity index (χ1v) is 10.8. The fraction of sp³-hybridized carbons (Fsp3) is 0.125. The third-order valence-electron chi connectivity index (χ3n) is 5.17. The zero-order chi connectivity index (χ0) is 25.8. The van der Waals surface area contributed by atoms with Crippen molar-refractivity contribution >= 4 is 41.3 Å². The van der Waals surface area contributed by atoms with Crippen molar-refractivity contribution in [1.29, 1.82) is 0 Å². The highest BCUT2D eigenvalue weighted by molar-refractivity contribution is 6.31. The highest BCUT2D eigenvalue weighted by Crippen LogP contribution is 2.29. The molecular weight excluding hydrogens is 494 g/mol. The molecule has 3 aromatic rings. The lowest BCUT2D eigenvalue weighted by molar-refractivity contribution is -0.384. The number of nitro benzene ring substituents is 1. The van der Waals surface area contributed by atoms with Crippen LogP contribution in [0.1, 0.15) is 27.4 Å². The number of amides is 3. The van der Waals surface area contributed by atoms with Crippen molar-refractivity contribution in [3.05, 3.63) is 98.1 Å². The number of imide groups is 1. The first kappa shape index (κ1) is 24.5. The second-order valence-electron chi connectivity index (χ2n) is 7.50. The summed E-state index contributed by atoms with van der Waals surface area (Å²) in [7, 11) is 1.19. The Hall–Kier alpha value is -4.64. The standard InChI is InChI=1S/C24H18ClN3O8/c1-34-23(30)21-9-7-17(36-21)12-27-22(29)19(26-24(27)31)11-15-10-16(28(32)33)6-8-20(15)35-13-14-4-2-3-5-18(14)25/h2-11H,12-13H2,1H3,(H,26,31)/b19-11-. The van der Waals surface area contributed by atoms with Crippen molar-refractivity contribution < 1.29 is 33.2 Å². The smallest absolute Gasteiger partial charge is 0.373 e. The highest BCUT2D eigenvalue weighted by atomic mass is 35.5. The highest BCUT2D eigenvalue weighted by Gasteiger charge is 2.34. The van der Waals surface area contributed by atoms with Gasteiger partial charge in [0.1, 0.15) is 23.8 Å². The molecule has 1 aromatic heterocycles. The van der Waals surface area contributed by atoms with Crippen molar-refractivity contribution in [2.45, 2.75) is 13.2 Å². The van der Waals surface area contributed by atoms with E-state index in [1.807, 2.05) is 0 Å². The van der Waals surface area contributed by atoms with E-state index in [-0.39, 0.29) is 47.4 Å². The number of carbonyl (C=O) groups is 3. The number of nitro groups is 1. The monoisotopic (exact) mass is 511 g/mol. The van der Waals surface area contributed by atoms with Crippen molar-refractivity contribution in [3.8, 4) is 5.75 Å². The van der Waals surface area contributed by atoms with Crippen LogP contribution in [0.3, 0.4) is 0 Å². The van der Waals surface area contributed by atoms with Gasteiger partial charge in [-0.25, -0.2) is 9.59 Å². The summed E-state index contributed by atoms with van der Waals surface area (Å²) in [6, 6.07) is 13.0. The second kappa shape index (κ2) is 10.3. The van der Waals surface area contributed by atoms with Crippen LogP contribution in [0.25, 0.3) is 6.08 Å². The van der Waals surface area contributed by atoms with Crippen molar-refractivity contribution in [3.63, 3.8) is 0 Å². The predicted octanol–water partition coefficient (Wildman–Crippen LogP) is 4.30. The Labute approximate surface area is 209 Å². The molecule has 0 atom stereocenters. The quantitative estimate of drug-likeness (QED) is 0.155. The Morgan fingerprint density at radius 2 is 1.97 bits per heavy atom. The summed E-state index contributed by atoms with van der Waals surface area (Å²) in [6.07, 6.45) is 1.29.